The Kier molecular flexibility index (Phi) is 4.68. The second-order valence-corrected chi connectivity index (χ2v) is 6.24. The highest BCUT2D eigenvalue weighted by Crippen LogP contribution is 2.27. The highest BCUT2D eigenvalue weighted by molar-refractivity contribution is 7.84. The summed E-state index contributed by atoms with van der Waals surface area (Å²) >= 11 is 0. The van der Waals surface area contributed by atoms with E-state index in [0.717, 1.165) is 30.9 Å². The fourth-order valence-corrected chi connectivity index (χ4v) is 2.93. The molecule has 2 unspecified atom stereocenters. The number of rotatable bonds is 5. The molecule has 0 fully saturated rings. The normalized spacial score (nSPS) is 20.9. The van der Waals surface area contributed by atoms with Crippen LogP contribution in [0.1, 0.15) is 37.1 Å². The van der Waals surface area contributed by atoms with E-state index in [1.807, 2.05) is 19.2 Å². The van der Waals surface area contributed by atoms with Crippen molar-refractivity contribution in [1.29, 1.82) is 0 Å². The van der Waals surface area contributed by atoms with E-state index >= 15 is 0 Å². The Bertz CT molecular complexity index is 395. The molecule has 0 amide bonds. The number of aryl methyl sites for hydroxylation is 1. The Morgan fingerprint density at radius 3 is 3.29 bits per heavy atom. The molecule has 1 aromatic rings. The lowest BCUT2D eigenvalue weighted by atomic mass is 9.92. The molecule has 1 heterocycles. The maximum atomic E-state index is 11.4. The van der Waals surface area contributed by atoms with E-state index in [0.29, 0.717) is 6.04 Å². The van der Waals surface area contributed by atoms with Crippen LogP contribution in [0.3, 0.4) is 0 Å². The average Bonchev–Trinajstić information content (AvgIpc) is 2.39. The molecule has 1 aromatic heterocycles. The van der Waals surface area contributed by atoms with Crippen LogP contribution in [0.5, 0.6) is 0 Å². The van der Waals surface area contributed by atoms with Crippen LogP contribution in [0, 0.1) is 0 Å². The van der Waals surface area contributed by atoms with Crippen LogP contribution >= 0.6 is 0 Å². The van der Waals surface area contributed by atoms with Crippen molar-refractivity contribution in [2.24, 2.45) is 0 Å². The quantitative estimate of drug-likeness (QED) is 0.869. The molecule has 2 rings (SSSR count). The summed E-state index contributed by atoms with van der Waals surface area (Å²) in [5.41, 5.74) is 2.56. The van der Waals surface area contributed by atoms with Crippen LogP contribution in [-0.4, -0.2) is 27.2 Å². The topological polar surface area (TPSA) is 42.0 Å². The summed E-state index contributed by atoms with van der Waals surface area (Å²) in [6.07, 6.45) is 5.36. The Hall–Kier alpha value is -0.740. The maximum absolute atomic E-state index is 11.4. The van der Waals surface area contributed by atoms with Crippen molar-refractivity contribution in [3.05, 3.63) is 29.6 Å². The van der Waals surface area contributed by atoms with Crippen LogP contribution < -0.4 is 5.32 Å². The van der Waals surface area contributed by atoms with Crippen LogP contribution in [0.15, 0.2) is 18.3 Å². The van der Waals surface area contributed by atoms with E-state index in [-0.39, 0.29) is 0 Å². The molecule has 4 heteroatoms. The Labute approximate surface area is 105 Å². The molecule has 0 spiro atoms. The summed E-state index contributed by atoms with van der Waals surface area (Å²) in [5.74, 6) is 1.50. The molecule has 0 aliphatic heterocycles. The zero-order valence-electron chi connectivity index (χ0n) is 10.3. The Balaban J connectivity index is 1.92. The first kappa shape index (κ1) is 12.7. The third-order valence-corrected chi connectivity index (χ3v) is 4.54. The zero-order valence-corrected chi connectivity index (χ0v) is 11.1. The van der Waals surface area contributed by atoms with Crippen molar-refractivity contribution < 1.29 is 4.21 Å². The number of fused-ring (bicyclic) bond motifs is 1. The molecular weight excluding hydrogens is 232 g/mol. The third-order valence-electron chi connectivity index (χ3n) is 3.24. The number of hydrogen-bond acceptors (Lipinski definition) is 3. The minimum Gasteiger partial charge on any atom is -0.308 e. The second-order valence-electron chi connectivity index (χ2n) is 4.38. The average molecular weight is 252 g/mol. The SMILES string of the molecule is CCS(=O)CCNC1CCCc2cccnc21. The molecule has 0 aromatic carbocycles. The molecule has 0 bridgehead atoms. The third kappa shape index (κ3) is 3.36. The van der Waals surface area contributed by atoms with E-state index in [4.69, 9.17) is 0 Å². The lowest BCUT2D eigenvalue weighted by Gasteiger charge is -2.25. The van der Waals surface area contributed by atoms with Gasteiger partial charge in [-0.3, -0.25) is 9.19 Å². The molecule has 2 atom stereocenters. The summed E-state index contributed by atoms with van der Waals surface area (Å²) in [6, 6.07) is 4.53. The smallest absolute Gasteiger partial charge is 0.0605 e. The van der Waals surface area contributed by atoms with Gasteiger partial charge in [0.25, 0.3) is 0 Å². The summed E-state index contributed by atoms with van der Waals surface area (Å²) in [5, 5.41) is 3.49. The van der Waals surface area contributed by atoms with E-state index in [9.17, 15) is 4.21 Å². The van der Waals surface area contributed by atoms with E-state index < -0.39 is 10.8 Å². The molecule has 0 saturated carbocycles. The summed E-state index contributed by atoms with van der Waals surface area (Å²) in [4.78, 5) is 4.48. The summed E-state index contributed by atoms with van der Waals surface area (Å²) in [7, 11) is -0.672. The minimum atomic E-state index is -0.672. The highest BCUT2D eigenvalue weighted by Gasteiger charge is 2.20. The fraction of sp³-hybridized carbons (Fsp3) is 0.615. The Morgan fingerprint density at radius 1 is 1.59 bits per heavy atom. The molecule has 1 aliphatic carbocycles. The molecule has 0 radical (unpaired) electrons. The van der Waals surface area contributed by atoms with Gasteiger partial charge in [-0.25, -0.2) is 0 Å². The van der Waals surface area contributed by atoms with Gasteiger partial charge in [-0.05, 0) is 30.9 Å². The van der Waals surface area contributed by atoms with Crippen molar-refractivity contribution in [3.8, 4) is 0 Å². The van der Waals surface area contributed by atoms with Gasteiger partial charge in [0, 0.05) is 41.1 Å². The number of nitrogens with one attached hydrogen (secondary N) is 1. The van der Waals surface area contributed by atoms with Crippen molar-refractivity contribution in [3.63, 3.8) is 0 Å². The first-order valence-corrected chi connectivity index (χ1v) is 7.82. The number of aromatic nitrogens is 1. The van der Waals surface area contributed by atoms with Crippen LogP contribution in [0.4, 0.5) is 0 Å². The first-order chi connectivity index (χ1) is 8.31. The summed E-state index contributed by atoms with van der Waals surface area (Å²) < 4.78 is 11.4. The minimum absolute atomic E-state index is 0.355. The second kappa shape index (κ2) is 6.26. The van der Waals surface area contributed by atoms with Crippen molar-refractivity contribution in [2.75, 3.05) is 18.1 Å². The molecular formula is C13H20N2OS. The molecule has 0 saturated heterocycles. The summed E-state index contributed by atoms with van der Waals surface area (Å²) in [6.45, 7) is 2.79. The maximum Gasteiger partial charge on any atom is 0.0605 e. The molecule has 1 N–H and O–H groups in total. The zero-order chi connectivity index (χ0) is 12.1. The molecule has 3 nitrogen and oxygen atoms in total. The van der Waals surface area contributed by atoms with Gasteiger partial charge in [0.05, 0.1) is 5.69 Å². The lowest BCUT2D eigenvalue weighted by molar-refractivity contribution is 0.460. The predicted octanol–water partition coefficient (Wildman–Crippen LogP) is 1.82. The van der Waals surface area contributed by atoms with Crippen LogP contribution in [0.2, 0.25) is 0 Å². The molecule has 1 aliphatic rings. The standard InChI is InChI=1S/C13H20N2OS/c1-2-17(16)10-9-14-12-7-3-5-11-6-4-8-15-13(11)12/h4,6,8,12,14H,2-3,5,7,9-10H2,1H3. The lowest BCUT2D eigenvalue weighted by Crippen LogP contribution is -2.29. The van der Waals surface area contributed by atoms with Crippen molar-refractivity contribution >= 4 is 10.8 Å². The highest BCUT2D eigenvalue weighted by atomic mass is 32.2. The Morgan fingerprint density at radius 2 is 2.47 bits per heavy atom. The fourth-order valence-electron chi connectivity index (χ4n) is 2.30. The van der Waals surface area contributed by atoms with Gasteiger partial charge < -0.3 is 5.32 Å². The molecule has 94 valence electrons. The van der Waals surface area contributed by atoms with Gasteiger partial charge in [-0.15, -0.1) is 0 Å². The van der Waals surface area contributed by atoms with Gasteiger partial charge in [-0.2, -0.15) is 0 Å². The van der Waals surface area contributed by atoms with Crippen molar-refractivity contribution in [1.82, 2.24) is 10.3 Å². The number of hydrogen-bond donors (Lipinski definition) is 1. The predicted molar refractivity (Wildman–Crippen MR) is 71.5 cm³/mol. The molecule has 17 heavy (non-hydrogen) atoms. The van der Waals surface area contributed by atoms with Gasteiger partial charge >= 0.3 is 0 Å². The van der Waals surface area contributed by atoms with Gasteiger partial charge in [0.15, 0.2) is 0 Å². The van der Waals surface area contributed by atoms with Gasteiger partial charge in [-0.1, -0.05) is 13.0 Å². The monoisotopic (exact) mass is 252 g/mol. The number of pyridine rings is 1. The first-order valence-electron chi connectivity index (χ1n) is 6.33. The number of nitrogens with zero attached hydrogens (tertiary/aromatic N) is 1. The largest absolute Gasteiger partial charge is 0.308 e. The van der Waals surface area contributed by atoms with Crippen LogP contribution in [-0.2, 0) is 17.2 Å². The van der Waals surface area contributed by atoms with Crippen molar-refractivity contribution in [2.45, 2.75) is 32.2 Å². The van der Waals surface area contributed by atoms with Crippen LogP contribution in [0.25, 0.3) is 0 Å². The van der Waals surface area contributed by atoms with E-state index in [2.05, 4.69) is 16.4 Å². The van der Waals surface area contributed by atoms with E-state index in [1.54, 1.807) is 0 Å². The van der Waals surface area contributed by atoms with E-state index in [1.165, 1.54) is 17.7 Å². The van der Waals surface area contributed by atoms with Gasteiger partial charge in [0.2, 0.25) is 0 Å². The van der Waals surface area contributed by atoms with Gasteiger partial charge in [0.1, 0.15) is 0 Å².